The van der Waals surface area contributed by atoms with Gasteiger partial charge in [-0.2, -0.15) is 0 Å². The molecule has 3 heterocycles. The molecule has 3 aromatic heterocycles. The Bertz CT molecular complexity index is 808. The summed E-state index contributed by atoms with van der Waals surface area (Å²) >= 11 is 5.19. The van der Waals surface area contributed by atoms with Crippen LogP contribution in [0.2, 0.25) is 0 Å². The maximum Gasteiger partial charge on any atom is 0.137 e. The van der Waals surface area contributed by atoms with Gasteiger partial charge in [0.25, 0.3) is 0 Å². The van der Waals surface area contributed by atoms with Gasteiger partial charge in [-0.15, -0.1) is 0 Å². The van der Waals surface area contributed by atoms with Crippen molar-refractivity contribution in [3.8, 4) is 11.3 Å². The second kappa shape index (κ2) is 5.26. The predicted molar refractivity (Wildman–Crippen MR) is 88.4 cm³/mol. The largest absolute Gasteiger partial charge is 0.393 e. The van der Waals surface area contributed by atoms with Crippen molar-refractivity contribution in [1.29, 1.82) is 0 Å². The van der Waals surface area contributed by atoms with Crippen LogP contribution < -0.4 is 5.73 Å². The molecule has 21 heavy (non-hydrogen) atoms. The van der Waals surface area contributed by atoms with E-state index in [0.29, 0.717) is 4.99 Å². The zero-order chi connectivity index (χ0) is 15.0. The first-order chi connectivity index (χ1) is 10.1. The zero-order valence-corrected chi connectivity index (χ0v) is 12.8. The maximum atomic E-state index is 5.87. The lowest BCUT2D eigenvalue weighted by molar-refractivity contribution is 0.928. The highest BCUT2D eigenvalue weighted by molar-refractivity contribution is 7.80. The van der Waals surface area contributed by atoms with Gasteiger partial charge in [0.1, 0.15) is 5.65 Å². The second-order valence-corrected chi connectivity index (χ2v) is 5.62. The van der Waals surface area contributed by atoms with Gasteiger partial charge in [0, 0.05) is 30.1 Å². The van der Waals surface area contributed by atoms with E-state index in [0.717, 1.165) is 22.6 Å². The van der Waals surface area contributed by atoms with E-state index in [1.165, 1.54) is 5.56 Å². The summed E-state index contributed by atoms with van der Waals surface area (Å²) in [4.78, 5) is 9.40. The Hall–Kier alpha value is -2.27. The highest BCUT2D eigenvalue weighted by Gasteiger charge is 2.21. The fourth-order valence-electron chi connectivity index (χ4n) is 2.43. The van der Waals surface area contributed by atoms with Crippen LogP contribution in [0.15, 0.2) is 42.9 Å². The average molecular weight is 296 g/mol. The van der Waals surface area contributed by atoms with Crippen LogP contribution in [-0.4, -0.2) is 19.4 Å². The first kappa shape index (κ1) is 13.7. The molecular weight excluding hydrogens is 280 g/mol. The fourth-order valence-corrected chi connectivity index (χ4v) is 2.54. The Balaban J connectivity index is 2.32. The van der Waals surface area contributed by atoms with E-state index in [-0.39, 0.29) is 5.92 Å². The summed E-state index contributed by atoms with van der Waals surface area (Å²) in [6.07, 6.45) is 5.58. The molecule has 0 spiro atoms. The number of fused-ring (bicyclic) bond motifs is 1. The van der Waals surface area contributed by atoms with Crippen LogP contribution >= 0.6 is 12.2 Å². The quantitative estimate of drug-likeness (QED) is 0.755. The zero-order valence-electron chi connectivity index (χ0n) is 11.9. The Morgan fingerprint density at radius 1 is 1.38 bits per heavy atom. The number of rotatable bonds is 3. The molecule has 0 saturated heterocycles. The van der Waals surface area contributed by atoms with Crippen molar-refractivity contribution in [1.82, 2.24) is 14.4 Å². The van der Waals surface area contributed by atoms with E-state index in [4.69, 9.17) is 22.9 Å². The lowest BCUT2D eigenvalue weighted by Crippen LogP contribution is -2.18. The van der Waals surface area contributed by atoms with Gasteiger partial charge < -0.3 is 10.1 Å². The summed E-state index contributed by atoms with van der Waals surface area (Å²) in [5.74, 6) is -0.0621. The first-order valence-electron chi connectivity index (χ1n) is 6.76. The van der Waals surface area contributed by atoms with Crippen LogP contribution in [0.3, 0.4) is 0 Å². The summed E-state index contributed by atoms with van der Waals surface area (Å²) in [6, 6.07) is 8.00. The highest BCUT2D eigenvalue weighted by Crippen LogP contribution is 2.30. The van der Waals surface area contributed by atoms with Gasteiger partial charge in [0.15, 0.2) is 0 Å². The Morgan fingerprint density at radius 2 is 2.19 bits per heavy atom. The summed E-state index contributed by atoms with van der Waals surface area (Å²) in [5, 5.41) is 0. The molecular formula is C16H16N4S. The third kappa shape index (κ3) is 2.40. The van der Waals surface area contributed by atoms with Gasteiger partial charge in [-0.3, -0.25) is 4.98 Å². The molecule has 1 unspecified atom stereocenters. The number of aromatic nitrogens is 3. The van der Waals surface area contributed by atoms with E-state index < -0.39 is 0 Å². The van der Waals surface area contributed by atoms with Gasteiger partial charge in [-0.25, -0.2) is 4.98 Å². The molecule has 0 aliphatic heterocycles. The number of hydrogen-bond donors (Lipinski definition) is 1. The van der Waals surface area contributed by atoms with Crippen LogP contribution in [0.1, 0.15) is 24.1 Å². The van der Waals surface area contributed by atoms with Crippen LogP contribution in [-0.2, 0) is 0 Å². The van der Waals surface area contributed by atoms with Crippen molar-refractivity contribution in [3.63, 3.8) is 0 Å². The van der Waals surface area contributed by atoms with Crippen LogP contribution in [0.4, 0.5) is 0 Å². The molecule has 4 nitrogen and oxygen atoms in total. The second-order valence-electron chi connectivity index (χ2n) is 5.14. The van der Waals surface area contributed by atoms with Crippen molar-refractivity contribution >= 4 is 22.9 Å². The average Bonchev–Trinajstić information content (AvgIpc) is 2.85. The summed E-state index contributed by atoms with van der Waals surface area (Å²) in [6.45, 7) is 4.06. The number of aryl methyl sites for hydroxylation is 1. The lowest BCUT2D eigenvalue weighted by Gasteiger charge is -2.12. The number of hydrogen-bond acceptors (Lipinski definition) is 3. The topological polar surface area (TPSA) is 56.2 Å². The van der Waals surface area contributed by atoms with E-state index in [1.807, 2.05) is 31.5 Å². The maximum absolute atomic E-state index is 5.87. The van der Waals surface area contributed by atoms with Crippen LogP contribution in [0.25, 0.3) is 16.9 Å². The van der Waals surface area contributed by atoms with E-state index in [2.05, 4.69) is 28.4 Å². The van der Waals surface area contributed by atoms with E-state index >= 15 is 0 Å². The summed E-state index contributed by atoms with van der Waals surface area (Å²) in [5.41, 5.74) is 10.8. The van der Waals surface area contributed by atoms with Gasteiger partial charge in [0.2, 0.25) is 0 Å². The first-order valence-corrected chi connectivity index (χ1v) is 7.17. The molecule has 5 heteroatoms. The van der Waals surface area contributed by atoms with Gasteiger partial charge >= 0.3 is 0 Å². The molecule has 0 aliphatic carbocycles. The van der Waals surface area contributed by atoms with Crippen LogP contribution in [0.5, 0.6) is 0 Å². The minimum atomic E-state index is -0.0621. The van der Waals surface area contributed by atoms with Crippen LogP contribution in [0, 0.1) is 6.92 Å². The molecule has 1 atom stereocenters. The standard InChI is InChI=1S/C16H16N4S/c1-10-5-7-20-13(8-10)19-14(12-4-3-6-18-9-12)15(20)11(2)16(17)21/h3-9,11H,1-2H3,(H2,17,21). The third-order valence-corrected chi connectivity index (χ3v) is 3.94. The highest BCUT2D eigenvalue weighted by atomic mass is 32.1. The summed E-state index contributed by atoms with van der Waals surface area (Å²) in [7, 11) is 0. The van der Waals surface area contributed by atoms with Gasteiger partial charge in [-0.05, 0) is 36.8 Å². The SMILES string of the molecule is Cc1ccn2c(C(C)C(N)=S)c(-c3cccnc3)nc2c1. The molecule has 106 valence electrons. The number of thiocarbonyl (C=S) groups is 1. The van der Waals surface area contributed by atoms with Crippen molar-refractivity contribution in [2.24, 2.45) is 5.73 Å². The smallest absolute Gasteiger partial charge is 0.137 e. The lowest BCUT2D eigenvalue weighted by atomic mass is 10.0. The number of pyridine rings is 2. The third-order valence-electron chi connectivity index (χ3n) is 3.59. The van der Waals surface area contributed by atoms with Crippen molar-refractivity contribution in [3.05, 3.63) is 54.1 Å². The molecule has 0 amide bonds. The molecule has 3 rings (SSSR count). The molecule has 2 N–H and O–H groups in total. The molecule has 0 bridgehead atoms. The van der Waals surface area contributed by atoms with Crippen molar-refractivity contribution < 1.29 is 0 Å². The number of imidazole rings is 1. The molecule has 0 fully saturated rings. The molecule has 0 aliphatic rings. The Kier molecular flexibility index (Phi) is 3.43. The Labute approximate surface area is 128 Å². The minimum Gasteiger partial charge on any atom is -0.393 e. The van der Waals surface area contributed by atoms with Gasteiger partial charge in [-0.1, -0.05) is 19.1 Å². The van der Waals surface area contributed by atoms with Crippen molar-refractivity contribution in [2.75, 3.05) is 0 Å². The monoisotopic (exact) mass is 296 g/mol. The van der Waals surface area contributed by atoms with E-state index in [1.54, 1.807) is 6.20 Å². The van der Waals surface area contributed by atoms with Crippen molar-refractivity contribution in [2.45, 2.75) is 19.8 Å². The minimum absolute atomic E-state index is 0.0621. The number of nitrogens with two attached hydrogens (primary N) is 1. The fraction of sp³-hybridized carbons (Fsp3) is 0.188. The predicted octanol–water partition coefficient (Wildman–Crippen LogP) is 3.09. The summed E-state index contributed by atoms with van der Waals surface area (Å²) < 4.78 is 2.05. The molecule has 0 radical (unpaired) electrons. The molecule has 0 aromatic carbocycles. The molecule has 0 saturated carbocycles. The molecule has 3 aromatic rings. The van der Waals surface area contributed by atoms with E-state index in [9.17, 15) is 0 Å². The van der Waals surface area contributed by atoms with Gasteiger partial charge in [0.05, 0.1) is 16.4 Å². The Morgan fingerprint density at radius 3 is 2.86 bits per heavy atom. The normalized spacial score (nSPS) is 12.5. The number of nitrogens with zero attached hydrogens (tertiary/aromatic N) is 3.